The summed E-state index contributed by atoms with van der Waals surface area (Å²) in [6.07, 6.45) is 2.44. The second kappa shape index (κ2) is 4.52. The van der Waals surface area contributed by atoms with E-state index in [2.05, 4.69) is 0 Å². The largest absolute Gasteiger partial charge is 0.490 e. The number of carbonyl (C=O) groups is 1. The fourth-order valence-electron chi connectivity index (χ4n) is 1.57. The first-order valence-electron chi connectivity index (χ1n) is 6.15. The van der Waals surface area contributed by atoms with E-state index in [0.717, 1.165) is 12.8 Å². The van der Waals surface area contributed by atoms with Gasteiger partial charge in [0.1, 0.15) is 17.1 Å². The molecule has 1 saturated carbocycles. The Bertz CT molecular complexity index is 459. The summed E-state index contributed by atoms with van der Waals surface area (Å²) in [5.41, 5.74) is 5.37. The van der Waals surface area contributed by atoms with Crippen LogP contribution in [0.2, 0.25) is 0 Å². The highest BCUT2D eigenvalue weighted by atomic mass is 16.5. The molecule has 0 radical (unpaired) electrons. The van der Waals surface area contributed by atoms with Crippen LogP contribution in [-0.2, 0) is 0 Å². The van der Waals surface area contributed by atoms with Gasteiger partial charge in [0.05, 0.1) is 11.7 Å². The van der Waals surface area contributed by atoms with Crippen molar-refractivity contribution in [3.63, 3.8) is 0 Å². The molecule has 0 bridgehead atoms. The third-order valence-corrected chi connectivity index (χ3v) is 2.46. The Labute approximate surface area is 107 Å². The van der Waals surface area contributed by atoms with Gasteiger partial charge in [-0.15, -0.1) is 0 Å². The van der Waals surface area contributed by atoms with Crippen molar-refractivity contribution in [1.82, 2.24) is 0 Å². The number of primary amides is 1. The summed E-state index contributed by atoms with van der Waals surface area (Å²) in [7, 11) is 0. The molecule has 0 heterocycles. The van der Waals surface area contributed by atoms with Crippen LogP contribution in [0.25, 0.3) is 0 Å². The Morgan fingerprint density at radius 2 is 2.00 bits per heavy atom. The predicted octanol–water partition coefficient (Wildman–Crippen LogP) is 2.50. The second-order valence-corrected chi connectivity index (χ2v) is 5.55. The number of hydrogen-bond donors (Lipinski definition) is 1. The summed E-state index contributed by atoms with van der Waals surface area (Å²) >= 11 is 0. The Morgan fingerprint density at radius 3 is 2.50 bits per heavy atom. The first kappa shape index (κ1) is 12.7. The number of benzene rings is 1. The molecule has 0 aliphatic heterocycles. The van der Waals surface area contributed by atoms with Gasteiger partial charge in [0, 0.05) is 0 Å². The lowest BCUT2D eigenvalue weighted by atomic mass is 10.1. The molecule has 98 valence electrons. The summed E-state index contributed by atoms with van der Waals surface area (Å²) in [6.45, 7) is 5.77. The number of hydrogen-bond acceptors (Lipinski definition) is 3. The molecule has 4 nitrogen and oxygen atoms in total. The summed E-state index contributed by atoms with van der Waals surface area (Å²) < 4.78 is 11.4. The molecule has 1 amide bonds. The van der Waals surface area contributed by atoms with Gasteiger partial charge < -0.3 is 15.2 Å². The molecule has 1 fully saturated rings. The van der Waals surface area contributed by atoms with Crippen molar-refractivity contribution < 1.29 is 14.3 Å². The third kappa shape index (κ3) is 3.39. The van der Waals surface area contributed by atoms with Crippen LogP contribution in [-0.4, -0.2) is 17.6 Å². The highest BCUT2D eigenvalue weighted by Crippen LogP contribution is 2.31. The summed E-state index contributed by atoms with van der Waals surface area (Å²) in [6, 6.07) is 5.20. The predicted molar refractivity (Wildman–Crippen MR) is 69.0 cm³/mol. The third-order valence-electron chi connectivity index (χ3n) is 2.46. The van der Waals surface area contributed by atoms with Crippen LogP contribution in [0.4, 0.5) is 0 Å². The van der Waals surface area contributed by atoms with Gasteiger partial charge in [-0.25, -0.2) is 0 Å². The van der Waals surface area contributed by atoms with Gasteiger partial charge in [0.2, 0.25) is 0 Å². The molecule has 0 atom stereocenters. The van der Waals surface area contributed by atoms with E-state index < -0.39 is 5.91 Å². The fraction of sp³-hybridized carbons (Fsp3) is 0.500. The Hall–Kier alpha value is -1.71. The van der Waals surface area contributed by atoms with Crippen LogP contribution >= 0.6 is 0 Å². The van der Waals surface area contributed by atoms with Crippen LogP contribution in [0.3, 0.4) is 0 Å². The van der Waals surface area contributed by atoms with E-state index in [0.29, 0.717) is 23.2 Å². The second-order valence-electron chi connectivity index (χ2n) is 5.55. The topological polar surface area (TPSA) is 61.6 Å². The van der Waals surface area contributed by atoms with Gasteiger partial charge in [0.25, 0.3) is 5.91 Å². The molecular weight excluding hydrogens is 230 g/mol. The van der Waals surface area contributed by atoms with E-state index in [1.165, 1.54) is 0 Å². The number of ether oxygens (including phenoxy) is 2. The van der Waals surface area contributed by atoms with Crippen LogP contribution in [0.15, 0.2) is 18.2 Å². The zero-order chi connectivity index (χ0) is 13.3. The summed E-state index contributed by atoms with van der Waals surface area (Å²) in [4.78, 5) is 11.4. The molecule has 1 aliphatic carbocycles. The quantitative estimate of drug-likeness (QED) is 0.891. The molecular formula is C14H19NO3. The van der Waals surface area contributed by atoms with Crippen molar-refractivity contribution in [2.45, 2.75) is 45.3 Å². The zero-order valence-corrected chi connectivity index (χ0v) is 11.0. The Balaban J connectivity index is 2.25. The van der Waals surface area contributed by atoms with Crippen molar-refractivity contribution in [1.29, 1.82) is 0 Å². The number of nitrogens with two attached hydrogens (primary N) is 1. The van der Waals surface area contributed by atoms with Crippen molar-refractivity contribution in [3.05, 3.63) is 23.8 Å². The average molecular weight is 249 g/mol. The molecule has 1 aromatic rings. The lowest BCUT2D eigenvalue weighted by Gasteiger charge is -2.23. The first-order valence-corrected chi connectivity index (χ1v) is 6.15. The maximum absolute atomic E-state index is 11.4. The molecule has 0 unspecified atom stereocenters. The van der Waals surface area contributed by atoms with Gasteiger partial charge >= 0.3 is 0 Å². The molecule has 1 aliphatic rings. The van der Waals surface area contributed by atoms with Crippen molar-refractivity contribution in [3.8, 4) is 11.5 Å². The SMILES string of the molecule is CC(C)(C)Oc1ccc(OC2CC2)cc1C(N)=O. The summed E-state index contributed by atoms with van der Waals surface area (Å²) in [5.74, 6) is 0.668. The lowest BCUT2D eigenvalue weighted by molar-refractivity contribution is 0.0977. The smallest absolute Gasteiger partial charge is 0.252 e. The van der Waals surface area contributed by atoms with Crippen LogP contribution in [0.1, 0.15) is 44.0 Å². The van der Waals surface area contributed by atoms with Gasteiger partial charge in [-0.3, -0.25) is 4.79 Å². The van der Waals surface area contributed by atoms with Gasteiger partial charge in [-0.1, -0.05) is 0 Å². The number of carbonyl (C=O) groups excluding carboxylic acids is 1. The van der Waals surface area contributed by atoms with Crippen LogP contribution in [0, 0.1) is 0 Å². The minimum absolute atomic E-state index is 0.292. The molecule has 0 spiro atoms. The zero-order valence-electron chi connectivity index (χ0n) is 11.0. The Kier molecular flexibility index (Phi) is 3.20. The van der Waals surface area contributed by atoms with Gasteiger partial charge in [0.15, 0.2) is 0 Å². The Morgan fingerprint density at radius 1 is 1.33 bits per heavy atom. The number of rotatable bonds is 4. The molecule has 18 heavy (non-hydrogen) atoms. The maximum atomic E-state index is 11.4. The van der Waals surface area contributed by atoms with Gasteiger partial charge in [-0.05, 0) is 51.8 Å². The van der Waals surface area contributed by atoms with Crippen molar-refractivity contribution >= 4 is 5.91 Å². The molecule has 0 saturated heterocycles. The minimum atomic E-state index is -0.504. The van der Waals surface area contributed by atoms with Gasteiger partial charge in [-0.2, -0.15) is 0 Å². The highest BCUT2D eigenvalue weighted by molar-refractivity contribution is 5.96. The molecule has 2 N–H and O–H groups in total. The minimum Gasteiger partial charge on any atom is -0.490 e. The molecule has 1 aromatic carbocycles. The lowest BCUT2D eigenvalue weighted by Crippen LogP contribution is -2.25. The molecule has 4 heteroatoms. The van der Waals surface area contributed by atoms with Crippen LogP contribution < -0.4 is 15.2 Å². The first-order chi connectivity index (χ1) is 8.35. The van der Waals surface area contributed by atoms with Crippen molar-refractivity contribution in [2.24, 2.45) is 5.73 Å². The van der Waals surface area contributed by atoms with Crippen molar-refractivity contribution in [2.75, 3.05) is 0 Å². The molecule has 0 aromatic heterocycles. The van der Waals surface area contributed by atoms with Crippen LogP contribution in [0.5, 0.6) is 11.5 Å². The standard InChI is InChI=1S/C14H19NO3/c1-14(2,3)18-12-7-6-10(17-9-4-5-9)8-11(12)13(15)16/h6-9H,4-5H2,1-3H3,(H2,15,16). The van der Waals surface area contributed by atoms with E-state index in [9.17, 15) is 4.79 Å². The maximum Gasteiger partial charge on any atom is 0.252 e. The van der Waals surface area contributed by atoms with E-state index >= 15 is 0 Å². The highest BCUT2D eigenvalue weighted by Gasteiger charge is 2.24. The average Bonchev–Trinajstić information content (AvgIpc) is 3.01. The van der Waals surface area contributed by atoms with E-state index in [-0.39, 0.29) is 5.60 Å². The number of amides is 1. The van der Waals surface area contributed by atoms with E-state index in [1.54, 1.807) is 12.1 Å². The van der Waals surface area contributed by atoms with E-state index in [1.807, 2.05) is 26.8 Å². The molecule has 2 rings (SSSR count). The fourth-order valence-corrected chi connectivity index (χ4v) is 1.57. The monoisotopic (exact) mass is 249 g/mol. The summed E-state index contributed by atoms with van der Waals surface area (Å²) in [5, 5.41) is 0. The van der Waals surface area contributed by atoms with E-state index in [4.69, 9.17) is 15.2 Å². The normalized spacial score (nSPS) is 15.3.